The molecule has 4 rings (SSSR count). The SMILES string of the molecule is Cn1c(=N)n(Cc2csc(-c3ccccc3)n2)c2cccc(Cl)c21. The Labute approximate surface area is 148 Å². The molecule has 6 heteroatoms. The Bertz CT molecular complexity index is 1080. The minimum absolute atomic E-state index is 0.410. The van der Waals surface area contributed by atoms with Gasteiger partial charge in [-0.2, -0.15) is 0 Å². The summed E-state index contributed by atoms with van der Waals surface area (Å²) in [5.41, 5.74) is 4.30. The summed E-state index contributed by atoms with van der Waals surface area (Å²) in [5.74, 6) is 0. The van der Waals surface area contributed by atoms with Crippen LogP contribution in [0.2, 0.25) is 5.02 Å². The van der Waals surface area contributed by atoms with Crippen molar-refractivity contribution in [2.75, 3.05) is 0 Å². The van der Waals surface area contributed by atoms with Crippen LogP contribution >= 0.6 is 22.9 Å². The van der Waals surface area contributed by atoms with Gasteiger partial charge in [-0.05, 0) is 12.1 Å². The zero-order valence-corrected chi connectivity index (χ0v) is 14.6. The first kappa shape index (κ1) is 15.2. The fraction of sp³-hybridized carbons (Fsp3) is 0.111. The number of rotatable bonds is 3. The number of hydrogen-bond acceptors (Lipinski definition) is 3. The fourth-order valence-electron chi connectivity index (χ4n) is 2.87. The van der Waals surface area contributed by atoms with Gasteiger partial charge in [0.15, 0.2) is 0 Å². The number of aromatic nitrogens is 3. The second-order valence-corrected chi connectivity index (χ2v) is 6.85. The number of nitrogens with one attached hydrogen (secondary N) is 1. The van der Waals surface area contributed by atoms with E-state index in [-0.39, 0.29) is 0 Å². The minimum Gasteiger partial charge on any atom is -0.312 e. The van der Waals surface area contributed by atoms with Crippen LogP contribution in [0, 0.1) is 5.41 Å². The van der Waals surface area contributed by atoms with Gasteiger partial charge in [0.05, 0.1) is 28.3 Å². The standard InChI is InChI=1S/C18H15ClN4S/c1-22-16-14(19)8-5-9-15(16)23(18(22)20)10-13-11-24-17(21-13)12-6-3-2-4-7-12/h2-9,11,20H,10H2,1H3. The first-order valence-corrected chi connectivity index (χ1v) is 8.79. The lowest BCUT2D eigenvalue weighted by molar-refractivity contribution is 0.687. The monoisotopic (exact) mass is 354 g/mol. The molecule has 2 aromatic heterocycles. The lowest BCUT2D eigenvalue weighted by atomic mass is 10.2. The number of benzene rings is 2. The number of aryl methyl sites for hydroxylation is 1. The van der Waals surface area contributed by atoms with E-state index in [0.29, 0.717) is 17.2 Å². The first-order chi connectivity index (χ1) is 11.6. The van der Waals surface area contributed by atoms with Gasteiger partial charge in [-0.1, -0.05) is 48.0 Å². The molecule has 0 radical (unpaired) electrons. The molecular weight excluding hydrogens is 340 g/mol. The van der Waals surface area contributed by atoms with Crippen LogP contribution in [-0.4, -0.2) is 14.1 Å². The van der Waals surface area contributed by atoms with Crippen LogP contribution in [0.3, 0.4) is 0 Å². The van der Waals surface area contributed by atoms with Gasteiger partial charge < -0.3 is 9.13 Å². The molecule has 2 aromatic carbocycles. The van der Waals surface area contributed by atoms with Crippen molar-refractivity contribution in [3.63, 3.8) is 0 Å². The van der Waals surface area contributed by atoms with Crippen LogP contribution < -0.4 is 5.62 Å². The van der Waals surface area contributed by atoms with E-state index in [0.717, 1.165) is 27.3 Å². The highest BCUT2D eigenvalue weighted by Crippen LogP contribution is 2.25. The van der Waals surface area contributed by atoms with E-state index in [1.165, 1.54) is 0 Å². The normalized spacial score (nSPS) is 11.2. The molecule has 0 aliphatic carbocycles. The molecule has 0 amide bonds. The Morgan fingerprint density at radius 2 is 1.92 bits per heavy atom. The maximum absolute atomic E-state index is 8.38. The van der Waals surface area contributed by atoms with Crippen LogP contribution in [0.15, 0.2) is 53.9 Å². The van der Waals surface area contributed by atoms with Gasteiger partial charge in [0.25, 0.3) is 0 Å². The highest BCUT2D eigenvalue weighted by molar-refractivity contribution is 7.13. The van der Waals surface area contributed by atoms with Crippen LogP contribution in [0.1, 0.15) is 5.69 Å². The number of para-hydroxylation sites is 1. The van der Waals surface area contributed by atoms with E-state index in [1.807, 2.05) is 52.6 Å². The molecule has 1 N–H and O–H groups in total. The van der Waals surface area contributed by atoms with E-state index in [9.17, 15) is 0 Å². The smallest absolute Gasteiger partial charge is 0.203 e. The van der Waals surface area contributed by atoms with E-state index in [4.69, 9.17) is 22.0 Å². The topological polar surface area (TPSA) is 46.6 Å². The molecule has 4 aromatic rings. The average Bonchev–Trinajstić information content (AvgIpc) is 3.16. The molecule has 0 spiro atoms. The predicted molar refractivity (Wildman–Crippen MR) is 98.4 cm³/mol. The highest BCUT2D eigenvalue weighted by atomic mass is 35.5. The van der Waals surface area contributed by atoms with Crippen molar-refractivity contribution >= 4 is 34.0 Å². The molecule has 2 heterocycles. The zero-order chi connectivity index (χ0) is 16.7. The summed E-state index contributed by atoms with van der Waals surface area (Å²) in [4.78, 5) is 4.73. The van der Waals surface area contributed by atoms with Gasteiger partial charge in [0, 0.05) is 18.0 Å². The summed E-state index contributed by atoms with van der Waals surface area (Å²) in [7, 11) is 1.86. The highest BCUT2D eigenvalue weighted by Gasteiger charge is 2.13. The Morgan fingerprint density at radius 1 is 1.12 bits per heavy atom. The summed E-state index contributed by atoms with van der Waals surface area (Å²) >= 11 is 7.93. The maximum Gasteiger partial charge on any atom is 0.203 e. The van der Waals surface area contributed by atoms with Crippen molar-refractivity contribution in [2.45, 2.75) is 6.54 Å². The average molecular weight is 355 g/mol. The summed E-state index contributed by atoms with van der Waals surface area (Å²) in [6.45, 7) is 0.555. The number of halogens is 1. The quantitative estimate of drug-likeness (QED) is 0.586. The molecule has 0 aliphatic heterocycles. The van der Waals surface area contributed by atoms with Crippen molar-refractivity contribution in [1.82, 2.24) is 14.1 Å². The molecule has 0 saturated carbocycles. The van der Waals surface area contributed by atoms with Crippen LogP contribution in [-0.2, 0) is 13.6 Å². The molecule has 0 bridgehead atoms. The maximum atomic E-state index is 8.38. The Balaban J connectivity index is 1.76. The first-order valence-electron chi connectivity index (χ1n) is 7.53. The summed E-state index contributed by atoms with van der Waals surface area (Å²) in [5, 5.41) is 12.1. The number of fused-ring (bicyclic) bond motifs is 1. The number of imidazole rings is 1. The molecule has 0 saturated heterocycles. The Morgan fingerprint density at radius 3 is 2.71 bits per heavy atom. The fourth-order valence-corrected chi connectivity index (χ4v) is 3.98. The molecule has 0 unspecified atom stereocenters. The van der Waals surface area contributed by atoms with Crippen LogP contribution in [0.4, 0.5) is 0 Å². The van der Waals surface area contributed by atoms with E-state index in [1.54, 1.807) is 11.3 Å². The van der Waals surface area contributed by atoms with Gasteiger partial charge in [0.1, 0.15) is 5.01 Å². The van der Waals surface area contributed by atoms with Crippen molar-refractivity contribution in [3.8, 4) is 10.6 Å². The number of hydrogen-bond donors (Lipinski definition) is 1. The van der Waals surface area contributed by atoms with Crippen molar-refractivity contribution in [1.29, 1.82) is 5.41 Å². The van der Waals surface area contributed by atoms with Crippen molar-refractivity contribution < 1.29 is 0 Å². The molecule has 24 heavy (non-hydrogen) atoms. The minimum atomic E-state index is 0.410. The van der Waals surface area contributed by atoms with Gasteiger partial charge in [-0.3, -0.25) is 5.41 Å². The van der Waals surface area contributed by atoms with Gasteiger partial charge in [0.2, 0.25) is 5.62 Å². The molecule has 0 aliphatic rings. The second kappa shape index (κ2) is 5.92. The lowest BCUT2D eigenvalue weighted by Gasteiger charge is -2.02. The predicted octanol–water partition coefficient (Wildman–Crippen LogP) is 4.28. The number of nitrogens with zero attached hydrogens (tertiary/aromatic N) is 3. The molecule has 120 valence electrons. The van der Waals surface area contributed by atoms with Crippen LogP contribution in [0.5, 0.6) is 0 Å². The second-order valence-electron chi connectivity index (χ2n) is 5.59. The summed E-state index contributed by atoms with van der Waals surface area (Å²) in [6.07, 6.45) is 0. The molecule has 0 atom stereocenters. The molecule has 4 nitrogen and oxygen atoms in total. The third kappa shape index (κ3) is 2.46. The number of thiazole rings is 1. The van der Waals surface area contributed by atoms with Crippen molar-refractivity contribution in [2.24, 2.45) is 7.05 Å². The van der Waals surface area contributed by atoms with E-state index < -0.39 is 0 Å². The summed E-state index contributed by atoms with van der Waals surface area (Å²) in [6, 6.07) is 15.9. The lowest BCUT2D eigenvalue weighted by Crippen LogP contribution is -2.23. The van der Waals surface area contributed by atoms with Crippen LogP contribution in [0.25, 0.3) is 21.6 Å². The van der Waals surface area contributed by atoms with Gasteiger partial charge >= 0.3 is 0 Å². The third-order valence-corrected chi connectivity index (χ3v) is 5.30. The van der Waals surface area contributed by atoms with Gasteiger partial charge in [-0.15, -0.1) is 11.3 Å². The van der Waals surface area contributed by atoms with E-state index in [2.05, 4.69) is 17.5 Å². The molecular formula is C18H15ClN4S. The largest absolute Gasteiger partial charge is 0.312 e. The van der Waals surface area contributed by atoms with E-state index >= 15 is 0 Å². The zero-order valence-electron chi connectivity index (χ0n) is 13.0. The van der Waals surface area contributed by atoms with Crippen molar-refractivity contribution in [3.05, 3.63) is 70.2 Å². The third-order valence-electron chi connectivity index (χ3n) is 4.06. The molecule has 0 fully saturated rings. The Hall–Kier alpha value is -2.37. The Kier molecular flexibility index (Phi) is 3.75. The van der Waals surface area contributed by atoms with Gasteiger partial charge in [-0.25, -0.2) is 4.98 Å². The summed E-state index contributed by atoms with van der Waals surface area (Å²) < 4.78 is 3.74.